The van der Waals surface area contributed by atoms with Gasteiger partial charge in [-0.2, -0.15) is 18.2 Å². The Balaban J connectivity index is 2.28. The van der Waals surface area contributed by atoms with Crippen molar-refractivity contribution in [3.63, 3.8) is 0 Å². The Kier molecular flexibility index (Phi) is 6.84. The largest absolute Gasteiger partial charge is 0.421 e. The van der Waals surface area contributed by atoms with Crippen LogP contribution in [0.25, 0.3) is 0 Å². The standard InChI is InChI=1S/C18H24F3N5O/c1-11(2)24-16-13(18(19,20)21)10-23-17(26-16)25-15-7-5-6-14(12(15)3)22-8-9-27-4/h5-7,10-11,22H,8-9H2,1-4H3,(H2,23,24,25,26). The van der Waals surface area contributed by atoms with E-state index in [4.69, 9.17) is 4.74 Å². The molecule has 0 saturated heterocycles. The first-order chi connectivity index (χ1) is 12.7. The molecule has 0 saturated carbocycles. The number of nitrogens with zero attached hydrogens (tertiary/aromatic N) is 2. The van der Waals surface area contributed by atoms with Crippen molar-refractivity contribution in [3.8, 4) is 0 Å². The molecule has 2 rings (SSSR count). The molecule has 1 heterocycles. The summed E-state index contributed by atoms with van der Waals surface area (Å²) >= 11 is 0. The number of ether oxygens (including phenoxy) is 1. The molecule has 0 atom stereocenters. The lowest BCUT2D eigenvalue weighted by Crippen LogP contribution is -2.18. The van der Waals surface area contributed by atoms with Crippen LogP contribution in [0.1, 0.15) is 25.0 Å². The van der Waals surface area contributed by atoms with Gasteiger partial charge in [0.1, 0.15) is 11.4 Å². The smallest absolute Gasteiger partial charge is 0.383 e. The Hall–Kier alpha value is -2.55. The zero-order valence-corrected chi connectivity index (χ0v) is 15.7. The summed E-state index contributed by atoms with van der Waals surface area (Å²) in [6, 6.07) is 5.36. The summed E-state index contributed by atoms with van der Waals surface area (Å²) < 4.78 is 44.5. The van der Waals surface area contributed by atoms with Crippen LogP contribution in [0.2, 0.25) is 0 Å². The summed E-state index contributed by atoms with van der Waals surface area (Å²) in [6.07, 6.45) is -3.74. The third kappa shape index (κ3) is 5.72. The van der Waals surface area contributed by atoms with Gasteiger partial charge in [0.25, 0.3) is 0 Å². The third-order valence-corrected chi connectivity index (χ3v) is 3.72. The molecule has 0 spiro atoms. The van der Waals surface area contributed by atoms with E-state index in [9.17, 15) is 13.2 Å². The van der Waals surface area contributed by atoms with Crippen molar-refractivity contribution in [2.75, 3.05) is 36.2 Å². The molecule has 9 heteroatoms. The zero-order chi connectivity index (χ0) is 20.0. The van der Waals surface area contributed by atoms with Gasteiger partial charge < -0.3 is 20.7 Å². The van der Waals surface area contributed by atoms with Crippen molar-refractivity contribution in [2.45, 2.75) is 33.0 Å². The first-order valence-corrected chi connectivity index (χ1v) is 8.52. The fourth-order valence-electron chi connectivity index (χ4n) is 2.40. The fourth-order valence-corrected chi connectivity index (χ4v) is 2.40. The molecule has 0 unspecified atom stereocenters. The van der Waals surface area contributed by atoms with E-state index in [-0.39, 0.29) is 17.8 Å². The van der Waals surface area contributed by atoms with E-state index < -0.39 is 11.7 Å². The van der Waals surface area contributed by atoms with E-state index in [0.717, 1.165) is 17.4 Å². The molecule has 1 aromatic heterocycles. The minimum Gasteiger partial charge on any atom is -0.383 e. The van der Waals surface area contributed by atoms with E-state index in [0.29, 0.717) is 18.8 Å². The lowest BCUT2D eigenvalue weighted by Gasteiger charge is -2.17. The Morgan fingerprint density at radius 3 is 2.52 bits per heavy atom. The minimum atomic E-state index is -4.53. The second kappa shape index (κ2) is 8.90. The maximum Gasteiger partial charge on any atom is 0.421 e. The van der Waals surface area contributed by atoms with E-state index in [2.05, 4.69) is 25.9 Å². The Bertz CT molecular complexity index is 765. The Morgan fingerprint density at radius 1 is 1.19 bits per heavy atom. The first-order valence-electron chi connectivity index (χ1n) is 8.52. The molecule has 27 heavy (non-hydrogen) atoms. The number of hydrogen-bond acceptors (Lipinski definition) is 6. The number of hydrogen-bond donors (Lipinski definition) is 3. The highest BCUT2D eigenvalue weighted by Gasteiger charge is 2.35. The number of aromatic nitrogens is 2. The van der Waals surface area contributed by atoms with Crippen LogP contribution in [0.4, 0.5) is 36.3 Å². The second-order valence-electron chi connectivity index (χ2n) is 6.28. The highest BCUT2D eigenvalue weighted by molar-refractivity contribution is 5.68. The molecule has 0 aliphatic heterocycles. The molecular formula is C18H24F3N5O. The summed E-state index contributed by atoms with van der Waals surface area (Å²) in [5.74, 6) is -0.162. The second-order valence-corrected chi connectivity index (χ2v) is 6.28. The molecule has 0 amide bonds. The van der Waals surface area contributed by atoms with Gasteiger partial charge in [-0.25, -0.2) is 4.98 Å². The predicted octanol–water partition coefficient (Wildman–Crippen LogP) is 4.43. The number of nitrogens with one attached hydrogen (secondary N) is 3. The van der Waals surface area contributed by atoms with Gasteiger partial charge in [-0.1, -0.05) is 6.07 Å². The predicted molar refractivity (Wildman–Crippen MR) is 101 cm³/mol. The molecule has 0 bridgehead atoms. The van der Waals surface area contributed by atoms with Gasteiger partial charge in [-0.05, 0) is 38.5 Å². The first kappa shape index (κ1) is 20.8. The van der Waals surface area contributed by atoms with E-state index >= 15 is 0 Å². The Morgan fingerprint density at radius 2 is 1.89 bits per heavy atom. The van der Waals surface area contributed by atoms with Crippen LogP contribution in [0.3, 0.4) is 0 Å². The number of methoxy groups -OCH3 is 1. The van der Waals surface area contributed by atoms with Gasteiger partial charge in [0.15, 0.2) is 0 Å². The lowest BCUT2D eigenvalue weighted by atomic mass is 10.1. The molecule has 3 N–H and O–H groups in total. The molecule has 0 radical (unpaired) electrons. The summed E-state index contributed by atoms with van der Waals surface area (Å²) in [4.78, 5) is 7.86. The lowest BCUT2D eigenvalue weighted by molar-refractivity contribution is -0.137. The molecule has 0 aliphatic rings. The van der Waals surface area contributed by atoms with Crippen LogP contribution >= 0.6 is 0 Å². The van der Waals surface area contributed by atoms with E-state index in [1.54, 1.807) is 21.0 Å². The topological polar surface area (TPSA) is 71.1 Å². The average Bonchev–Trinajstić information content (AvgIpc) is 2.57. The minimum absolute atomic E-state index is 0.0864. The van der Waals surface area contributed by atoms with Gasteiger partial charge in [0, 0.05) is 37.3 Å². The average molecular weight is 383 g/mol. The van der Waals surface area contributed by atoms with Crippen LogP contribution in [0.15, 0.2) is 24.4 Å². The molecule has 148 valence electrons. The van der Waals surface area contributed by atoms with Crippen LogP contribution in [0.5, 0.6) is 0 Å². The highest BCUT2D eigenvalue weighted by atomic mass is 19.4. The quantitative estimate of drug-likeness (QED) is 0.586. The van der Waals surface area contributed by atoms with Gasteiger partial charge in [0.05, 0.1) is 6.61 Å². The number of alkyl halides is 3. The molecule has 6 nitrogen and oxygen atoms in total. The number of halogens is 3. The fraction of sp³-hybridized carbons (Fsp3) is 0.444. The summed E-state index contributed by atoms with van der Waals surface area (Å²) in [6.45, 7) is 6.58. The maximum absolute atomic E-state index is 13.2. The number of rotatable bonds is 8. The monoisotopic (exact) mass is 383 g/mol. The summed E-state index contributed by atoms with van der Waals surface area (Å²) in [7, 11) is 1.62. The van der Waals surface area contributed by atoms with Gasteiger partial charge >= 0.3 is 6.18 Å². The molecule has 0 aliphatic carbocycles. The van der Waals surface area contributed by atoms with Crippen molar-refractivity contribution in [3.05, 3.63) is 35.5 Å². The van der Waals surface area contributed by atoms with Crippen molar-refractivity contribution in [1.29, 1.82) is 0 Å². The third-order valence-electron chi connectivity index (χ3n) is 3.72. The van der Waals surface area contributed by atoms with Gasteiger partial charge in [-0.3, -0.25) is 0 Å². The SMILES string of the molecule is COCCNc1cccc(Nc2ncc(C(F)(F)F)c(NC(C)C)n2)c1C. The van der Waals surface area contributed by atoms with Crippen LogP contribution in [-0.4, -0.2) is 36.3 Å². The summed E-state index contributed by atoms with van der Waals surface area (Å²) in [5, 5.41) is 8.96. The van der Waals surface area contributed by atoms with Crippen molar-refractivity contribution in [1.82, 2.24) is 9.97 Å². The highest BCUT2D eigenvalue weighted by Crippen LogP contribution is 2.34. The van der Waals surface area contributed by atoms with Crippen molar-refractivity contribution in [2.24, 2.45) is 0 Å². The van der Waals surface area contributed by atoms with Crippen molar-refractivity contribution < 1.29 is 17.9 Å². The van der Waals surface area contributed by atoms with Crippen LogP contribution < -0.4 is 16.0 Å². The van der Waals surface area contributed by atoms with Gasteiger partial charge in [-0.15, -0.1) is 0 Å². The molecule has 0 fully saturated rings. The Labute approximate surface area is 156 Å². The van der Waals surface area contributed by atoms with Crippen LogP contribution in [0, 0.1) is 6.92 Å². The van der Waals surface area contributed by atoms with E-state index in [1.807, 2.05) is 25.1 Å². The number of anilines is 4. The molecular weight excluding hydrogens is 359 g/mol. The van der Waals surface area contributed by atoms with E-state index in [1.165, 1.54) is 0 Å². The summed E-state index contributed by atoms with van der Waals surface area (Å²) in [5.41, 5.74) is 1.60. The van der Waals surface area contributed by atoms with Crippen molar-refractivity contribution >= 4 is 23.1 Å². The maximum atomic E-state index is 13.2. The normalized spacial score (nSPS) is 11.6. The zero-order valence-electron chi connectivity index (χ0n) is 15.7. The molecule has 2 aromatic rings. The van der Waals surface area contributed by atoms with Crippen LogP contribution in [-0.2, 0) is 10.9 Å². The number of benzene rings is 1. The van der Waals surface area contributed by atoms with Gasteiger partial charge in [0.2, 0.25) is 5.95 Å². The molecule has 1 aromatic carbocycles.